The Morgan fingerprint density at radius 3 is 2.36 bits per heavy atom. The van der Waals surface area contributed by atoms with Crippen LogP contribution in [-0.2, 0) is 22.3 Å². The Hall–Kier alpha value is -3.11. The molecule has 0 saturated heterocycles. The summed E-state index contributed by atoms with van der Waals surface area (Å²) in [7, 11) is 0. The number of hydrogen-bond donors (Lipinski definition) is 2. The van der Waals surface area contributed by atoms with Crippen LogP contribution in [0.1, 0.15) is 26.5 Å². The number of nitrogens with one attached hydrogen (secondary N) is 2. The van der Waals surface area contributed by atoms with Crippen molar-refractivity contribution in [1.29, 1.82) is 0 Å². The van der Waals surface area contributed by atoms with Crippen molar-refractivity contribution in [2.45, 2.75) is 39.1 Å². The molecule has 2 aromatic rings. The van der Waals surface area contributed by atoms with Gasteiger partial charge < -0.3 is 10.1 Å². The molecule has 11 heteroatoms. The summed E-state index contributed by atoms with van der Waals surface area (Å²) in [5.74, 6) is -1.46. The van der Waals surface area contributed by atoms with Crippen molar-refractivity contribution in [1.82, 2.24) is 9.78 Å². The van der Waals surface area contributed by atoms with Crippen molar-refractivity contribution in [2.24, 2.45) is 0 Å². The lowest BCUT2D eigenvalue weighted by atomic mass is 10.2. The average Bonchev–Trinajstić information content (AvgIpc) is 2.96. The summed E-state index contributed by atoms with van der Waals surface area (Å²) in [6.07, 6.45) is -4.46. The van der Waals surface area contributed by atoms with Crippen LogP contribution in [0.2, 0.25) is 0 Å². The summed E-state index contributed by atoms with van der Waals surface area (Å²) in [5.41, 5.74) is -1.94. The first-order chi connectivity index (χ1) is 12.8. The summed E-state index contributed by atoms with van der Waals surface area (Å²) < 4.78 is 57.1. The van der Waals surface area contributed by atoms with E-state index in [2.05, 4.69) is 15.7 Å². The molecule has 0 unspecified atom stereocenters. The lowest BCUT2D eigenvalue weighted by Gasteiger charge is -2.20. The second-order valence-electron chi connectivity index (χ2n) is 6.76. The number of amides is 2. The maximum Gasteiger partial charge on any atom is 0.435 e. The van der Waals surface area contributed by atoms with E-state index in [1.54, 1.807) is 20.8 Å². The lowest BCUT2D eigenvalue weighted by Crippen LogP contribution is -2.28. The van der Waals surface area contributed by atoms with Crippen LogP contribution in [0.4, 0.5) is 33.7 Å². The SMILES string of the molecule is CC(C)(C)OC(=O)Nc1ccc(F)cc1NC(=O)Cn1ccc(C(F)(F)F)n1. The molecule has 1 heterocycles. The van der Waals surface area contributed by atoms with Crippen LogP contribution in [0, 0.1) is 5.82 Å². The van der Waals surface area contributed by atoms with Gasteiger partial charge in [0.1, 0.15) is 18.0 Å². The van der Waals surface area contributed by atoms with E-state index in [0.717, 1.165) is 29.1 Å². The molecule has 2 amide bonds. The number of benzene rings is 1. The van der Waals surface area contributed by atoms with Gasteiger partial charge in [0.25, 0.3) is 0 Å². The van der Waals surface area contributed by atoms with Gasteiger partial charge in [-0.1, -0.05) is 0 Å². The molecule has 28 heavy (non-hydrogen) atoms. The molecule has 0 radical (unpaired) electrons. The smallest absolute Gasteiger partial charge is 0.435 e. The van der Waals surface area contributed by atoms with Gasteiger partial charge in [-0.25, -0.2) is 9.18 Å². The van der Waals surface area contributed by atoms with Crippen molar-refractivity contribution in [3.8, 4) is 0 Å². The van der Waals surface area contributed by atoms with Gasteiger partial charge in [0.2, 0.25) is 5.91 Å². The number of carbonyl (C=O) groups is 2. The largest absolute Gasteiger partial charge is 0.444 e. The van der Waals surface area contributed by atoms with Gasteiger partial charge in [0.15, 0.2) is 5.69 Å². The fourth-order valence-corrected chi connectivity index (χ4v) is 2.08. The molecule has 0 atom stereocenters. The predicted molar refractivity (Wildman–Crippen MR) is 92.1 cm³/mol. The Kier molecular flexibility index (Phi) is 5.95. The molecular formula is C17H18F4N4O3. The second-order valence-corrected chi connectivity index (χ2v) is 6.76. The number of aromatic nitrogens is 2. The minimum Gasteiger partial charge on any atom is -0.444 e. The number of alkyl halides is 3. The molecule has 0 aliphatic heterocycles. The second kappa shape index (κ2) is 7.87. The van der Waals surface area contributed by atoms with Crippen LogP contribution in [0.15, 0.2) is 30.5 Å². The zero-order valence-corrected chi connectivity index (χ0v) is 15.2. The van der Waals surface area contributed by atoms with Crippen molar-refractivity contribution >= 4 is 23.4 Å². The highest BCUT2D eigenvalue weighted by molar-refractivity contribution is 5.97. The van der Waals surface area contributed by atoms with Crippen molar-refractivity contribution < 1.29 is 31.9 Å². The minimum absolute atomic E-state index is 0.0560. The van der Waals surface area contributed by atoms with E-state index < -0.39 is 41.8 Å². The van der Waals surface area contributed by atoms with Gasteiger partial charge in [0.05, 0.1) is 11.4 Å². The summed E-state index contributed by atoms with van der Waals surface area (Å²) >= 11 is 0. The molecule has 0 aliphatic carbocycles. The Labute approximate surface area is 157 Å². The number of hydrogen-bond acceptors (Lipinski definition) is 4. The van der Waals surface area contributed by atoms with Crippen molar-refractivity contribution in [3.05, 3.63) is 42.0 Å². The molecular weight excluding hydrogens is 384 g/mol. The Bertz CT molecular complexity index is 872. The number of nitrogens with zero attached hydrogens (tertiary/aromatic N) is 2. The third kappa shape index (κ3) is 6.25. The molecule has 152 valence electrons. The minimum atomic E-state index is -4.63. The molecule has 1 aromatic heterocycles. The molecule has 0 spiro atoms. The van der Waals surface area contributed by atoms with Crippen LogP contribution in [0.25, 0.3) is 0 Å². The third-order valence-corrected chi connectivity index (χ3v) is 3.13. The van der Waals surface area contributed by atoms with Crippen LogP contribution < -0.4 is 10.6 Å². The lowest BCUT2D eigenvalue weighted by molar-refractivity contribution is -0.141. The maximum atomic E-state index is 13.5. The van der Waals surface area contributed by atoms with Crippen LogP contribution in [-0.4, -0.2) is 27.4 Å². The first-order valence-electron chi connectivity index (χ1n) is 8.03. The van der Waals surface area contributed by atoms with Gasteiger partial charge in [-0.15, -0.1) is 0 Å². The van der Waals surface area contributed by atoms with Crippen LogP contribution in [0.5, 0.6) is 0 Å². The number of ether oxygens (including phenoxy) is 1. The van der Waals surface area contributed by atoms with Crippen LogP contribution >= 0.6 is 0 Å². The molecule has 0 bridgehead atoms. The Morgan fingerprint density at radius 2 is 1.79 bits per heavy atom. The normalized spacial score (nSPS) is 11.8. The first kappa shape index (κ1) is 21.2. The van der Waals surface area contributed by atoms with E-state index in [-0.39, 0.29) is 11.4 Å². The fraction of sp³-hybridized carbons (Fsp3) is 0.353. The summed E-state index contributed by atoms with van der Waals surface area (Å²) in [6, 6.07) is 3.95. The molecule has 0 fully saturated rings. The highest BCUT2D eigenvalue weighted by Gasteiger charge is 2.33. The Morgan fingerprint density at radius 1 is 1.11 bits per heavy atom. The fourth-order valence-electron chi connectivity index (χ4n) is 2.08. The van der Waals surface area contributed by atoms with Gasteiger partial charge >= 0.3 is 12.3 Å². The summed E-state index contributed by atoms with van der Waals surface area (Å²) in [4.78, 5) is 24.0. The summed E-state index contributed by atoms with van der Waals surface area (Å²) in [5, 5.41) is 7.96. The predicted octanol–water partition coefficient (Wildman–Crippen LogP) is 4.03. The van der Waals surface area contributed by atoms with Crippen molar-refractivity contribution in [2.75, 3.05) is 10.6 Å². The van der Waals surface area contributed by atoms with E-state index in [4.69, 9.17) is 4.74 Å². The number of halogens is 4. The van der Waals surface area contributed by atoms with E-state index in [1.165, 1.54) is 6.07 Å². The zero-order valence-electron chi connectivity index (χ0n) is 15.2. The number of anilines is 2. The standard InChI is InChI=1S/C17H18F4N4O3/c1-16(2,3)28-15(27)23-11-5-4-10(18)8-12(11)22-14(26)9-25-7-6-13(24-25)17(19,20)21/h4-8H,9H2,1-3H3,(H,22,26)(H,23,27). The highest BCUT2D eigenvalue weighted by Crippen LogP contribution is 2.27. The monoisotopic (exact) mass is 402 g/mol. The topological polar surface area (TPSA) is 85.3 Å². The van der Waals surface area contributed by atoms with Gasteiger partial charge in [-0.2, -0.15) is 18.3 Å². The zero-order chi connectivity index (χ0) is 21.1. The quantitative estimate of drug-likeness (QED) is 0.757. The molecule has 2 N–H and O–H groups in total. The van der Waals surface area contributed by atoms with E-state index in [9.17, 15) is 27.2 Å². The molecule has 0 aliphatic rings. The third-order valence-electron chi connectivity index (χ3n) is 3.13. The molecule has 2 rings (SSSR count). The highest BCUT2D eigenvalue weighted by atomic mass is 19.4. The van der Waals surface area contributed by atoms with Crippen LogP contribution in [0.3, 0.4) is 0 Å². The molecule has 7 nitrogen and oxygen atoms in total. The average molecular weight is 402 g/mol. The van der Waals surface area contributed by atoms with Gasteiger partial charge in [-0.05, 0) is 45.0 Å². The van der Waals surface area contributed by atoms with E-state index in [1.807, 2.05) is 0 Å². The van der Waals surface area contributed by atoms with E-state index >= 15 is 0 Å². The maximum absolute atomic E-state index is 13.5. The first-order valence-corrected chi connectivity index (χ1v) is 8.03. The Balaban J connectivity index is 2.10. The van der Waals surface area contributed by atoms with E-state index in [0.29, 0.717) is 0 Å². The summed E-state index contributed by atoms with van der Waals surface area (Å²) in [6.45, 7) is 4.41. The van der Waals surface area contributed by atoms with Gasteiger partial charge in [-0.3, -0.25) is 14.8 Å². The van der Waals surface area contributed by atoms with Crippen molar-refractivity contribution in [3.63, 3.8) is 0 Å². The molecule has 0 saturated carbocycles. The molecule has 1 aromatic carbocycles. The number of rotatable bonds is 4. The number of carbonyl (C=O) groups excluding carboxylic acids is 2. The van der Waals surface area contributed by atoms with Gasteiger partial charge in [0, 0.05) is 6.20 Å².